The maximum absolute atomic E-state index is 9.77. The number of carboxylic acids is 2. The molecule has 158 valence electrons. The van der Waals surface area contributed by atoms with Crippen molar-refractivity contribution in [3.05, 3.63) is 35.9 Å². The summed E-state index contributed by atoms with van der Waals surface area (Å²) >= 11 is 0. The fraction of sp³-hybridized carbons (Fsp3) is 0.600. The van der Waals surface area contributed by atoms with Gasteiger partial charge in [-0.15, -0.1) is 0 Å². The highest BCUT2D eigenvalue weighted by Crippen LogP contribution is 2.14. The van der Waals surface area contributed by atoms with Gasteiger partial charge >= 0.3 is 11.9 Å². The molecule has 1 saturated heterocycles. The average Bonchev–Trinajstić information content (AvgIpc) is 3.14. The van der Waals surface area contributed by atoms with Gasteiger partial charge in [0.05, 0.1) is 0 Å². The quantitative estimate of drug-likeness (QED) is 0.411. The molecule has 8 heteroatoms. The second-order valence-electron chi connectivity index (χ2n) is 7.50. The van der Waals surface area contributed by atoms with Crippen LogP contribution in [0.2, 0.25) is 0 Å². The van der Waals surface area contributed by atoms with Gasteiger partial charge in [0, 0.05) is 19.6 Å². The van der Waals surface area contributed by atoms with Gasteiger partial charge in [0.15, 0.2) is 12.2 Å². The maximum Gasteiger partial charge on any atom is 0.335 e. The number of aliphatic hydroxyl groups excluding tert-OH is 2. The SMILES string of the molecule is CC(C)CN(Cc1ccccc1)C[C@H]1CCNC1.O=C(O)C(O)C(O)C(=O)O. The Morgan fingerprint density at radius 3 is 2.11 bits per heavy atom. The number of carboxylic acid groups (broad SMARTS) is 2. The minimum atomic E-state index is -2.27. The van der Waals surface area contributed by atoms with Gasteiger partial charge < -0.3 is 25.7 Å². The summed E-state index contributed by atoms with van der Waals surface area (Å²) in [6.07, 6.45) is -3.20. The molecule has 28 heavy (non-hydrogen) atoms. The van der Waals surface area contributed by atoms with Gasteiger partial charge in [-0.05, 0) is 36.9 Å². The molecule has 2 unspecified atom stereocenters. The molecule has 1 aliphatic heterocycles. The molecule has 0 spiro atoms. The highest BCUT2D eigenvalue weighted by molar-refractivity contribution is 5.83. The van der Waals surface area contributed by atoms with E-state index in [9.17, 15) is 9.59 Å². The van der Waals surface area contributed by atoms with Gasteiger partial charge in [0.2, 0.25) is 0 Å². The Hall–Kier alpha value is -2.00. The molecule has 2 rings (SSSR count). The number of aliphatic hydroxyl groups is 2. The first-order valence-corrected chi connectivity index (χ1v) is 9.49. The number of benzene rings is 1. The van der Waals surface area contributed by atoms with Crippen LogP contribution in [0.4, 0.5) is 0 Å². The second kappa shape index (κ2) is 12.5. The molecule has 1 aliphatic rings. The molecule has 0 saturated carbocycles. The number of carbonyl (C=O) groups is 2. The van der Waals surface area contributed by atoms with Crippen LogP contribution in [-0.2, 0) is 16.1 Å². The monoisotopic (exact) mass is 396 g/mol. The normalized spacial score (nSPS) is 18.4. The van der Waals surface area contributed by atoms with E-state index in [1.54, 1.807) is 0 Å². The standard InChI is InChI=1S/C16H26N2.C4H6O6/c1-14(2)11-18(13-16-8-9-17-10-16)12-15-6-4-3-5-7-15;5-1(3(7)8)2(6)4(9)10/h3-7,14,16-17H,8-13H2,1-2H3;1-2,5-6H,(H,7,8)(H,9,10)/t16-;/m0./s1. The van der Waals surface area contributed by atoms with Crippen molar-refractivity contribution in [1.29, 1.82) is 0 Å². The Bertz CT molecular complexity index is 572. The summed E-state index contributed by atoms with van der Waals surface area (Å²) in [5, 5.41) is 36.0. The van der Waals surface area contributed by atoms with Crippen molar-refractivity contribution in [2.24, 2.45) is 11.8 Å². The first kappa shape index (κ1) is 24.0. The number of nitrogens with zero attached hydrogens (tertiary/aromatic N) is 1. The highest BCUT2D eigenvalue weighted by atomic mass is 16.4. The zero-order chi connectivity index (χ0) is 21.1. The third-order valence-corrected chi connectivity index (χ3v) is 4.36. The topological polar surface area (TPSA) is 130 Å². The van der Waals surface area contributed by atoms with Crippen LogP contribution in [0, 0.1) is 11.8 Å². The summed E-state index contributed by atoms with van der Waals surface area (Å²) in [7, 11) is 0. The van der Waals surface area contributed by atoms with Crippen molar-refractivity contribution >= 4 is 11.9 Å². The molecule has 0 bridgehead atoms. The Labute approximate surface area is 165 Å². The van der Waals surface area contributed by atoms with E-state index in [1.165, 1.54) is 38.2 Å². The van der Waals surface area contributed by atoms with E-state index in [2.05, 4.69) is 54.4 Å². The van der Waals surface area contributed by atoms with Crippen LogP contribution in [0.25, 0.3) is 0 Å². The van der Waals surface area contributed by atoms with E-state index in [0.29, 0.717) is 0 Å². The molecule has 0 radical (unpaired) electrons. The lowest BCUT2D eigenvalue weighted by molar-refractivity contribution is -0.165. The largest absolute Gasteiger partial charge is 0.479 e. The lowest BCUT2D eigenvalue weighted by atomic mass is 10.1. The van der Waals surface area contributed by atoms with E-state index in [4.69, 9.17) is 20.4 Å². The van der Waals surface area contributed by atoms with Crippen LogP contribution in [-0.4, -0.2) is 75.7 Å². The molecule has 1 aromatic rings. The highest BCUT2D eigenvalue weighted by Gasteiger charge is 2.29. The molecule has 1 aromatic carbocycles. The molecular weight excluding hydrogens is 364 g/mol. The zero-order valence-corrected chi connectivity index (χ0v) is 16.5. The van der Waals surface area contributed by atoms with E-state index in [0.717, 1.165) is 18.4 Å². The van der Waals surface area contributed by atoms with Crippen LogP contribution in [0.3, 0.4) is 0 Å². The number of nitrogens with one attached hydrogen (secondary N) is 1. The fourth-order valence-corrected chi connectivity index (χ4v) is 3.07. The fourth-order valence-electron chi connectivity index (χ4n) is 3.07. The van der Waals surface area contributed by atoms with Crippen LogP contribution < -0.4 is 5.32 Å². The van der Waals surface area contributed by atoms with Crippen LogP contribution >= 0.6 is 0 Å². The molecule has 8 nitrogen and oxygen atoms in total. The third-order valence-electron chi connectivity index (χ3n) is 4.36. The number of aliphatic carboxylic acids is 2. The number of hydrogen-bond donors (Lipinski definition) is 5. The van der Waals surface area contributed by atoms with Crippen molar-refractivity contribution in [3.63, 3.8) is 0 Å². The van der Waals surface area contributed by atoms with Gasteiger partial charge in [-0.3, -0.25) is 4.90 Å². The Morgan fingerprint density at radius 1 is 1.11 bits per heavy atom. The van der Waals surface area contributed by atoms with Crippen molar-refractivity contribution in [2.45, 2.75) is 39.0 Å². The minimum Gasteiger partial charge on any atom is -0.479 e. The van der Waals surface area contributed by atoms with E-state index < -0.39 is 24.1 Å². The zero-order valence-electron chi connectivity index (χ0n) is 16.5. The van der Waals surface area contributed by atoms with Crippen molar-refractivity contribution < 1.29 is 30.0 Å². The van der Waals surface area contributed by atoms with Crippen LogP contribution in [0.1, 0.15) is 25.8 Å². The molecule has 3 atom stereocenters. The van der Waals surface area contributed by atoms with Gasteiger partial charge in [-0.25, -0.2) is 9.59 Å². The summed E-state index contributed by atoms with van der Waals surface area (Å²) in [5.41, 5.74) is 1.43. The predicted molar refractivity (Wildman–Crippen MR) is 105 cm³/mol. The number of hydrogen-bond acceptors (Lipinski definition) is 6. The van der Waals surface area contributed by atoms with E-state index in [1.807, 2.05) is 0 Å². The first-order valence-electron chi connectivity index (χ1n) is 9.49. The molecule has 5 N–H and O–H groups in total. The lowest BCUT2D eigenvalue weighted by Crippen LogP contribution is -2.39. The molecular formula is C20H32N2O6. The Kier molecular flexibility index (Phi) is 10.7. The van der Waals surface area contributed by atoms with Crippen molar-refractivity contribution in [3.8, 4) is 0 Å². The molecule has 1 fully saturated rings. The summed E-state index contributed by atoms with van der Waals surface area (Å²) in [4.78, 5) is 22.2. The minimum absolute atomic E-state index is 0.739. The Balaban J connectivity index is 0.000000336. The first-order chi connectivity index (χ1) is 13.2. The van der Waals surface area contributed by atoms with Gasteiger partial charge in [0.25, 0.3) is 0 Å². The molecule has 0 aromatic heterocycles. The van der Waals surface area contributed by atoms with Gasteiger partial charge in [-0.2, -0.15) is 0 Å². The predicted octanol–water partition coefficient (Wildman–Crippen LogP) is 0.632. The third kappa shape index (κ3) is 9.27. The average molecular weight is 396 g/mol. The summed E-state index contributed by atoms with van der Waals surface area (Å²) in [6, 6.07) is 10.8. The summed E-state index contributed by atoms with van der Waals surface area (Å²) in [5.74, 6) is -1.96. The summed E-state index contributed by atoms with van der Waals surface area (Å²) in [6.45, 7) is 10.5. The molecule has 0 aliphatic carbocycles. The van der Waals surface area contributed by atoms with E-state index in [-0.39, 0.29) is 0 Å². The van der Waals surface area contributed by atoms with Crippen molar-refractivity contribution in [1.82, 2.24) is 10.2 Å². The van der Waals surface area contributed by atoms with E-state index >= 15 is 0 Å². The Morgan fingerprint density at radius 2 is 1.68 bits per heavy atom. The molecule has 0 amide bonds. The second-order valence-corrected chi connectivity index (χ2v) is 7.50. The van der Waals surface area contributed by atoms with Gasteiger partial charge in [-0.1, -0.05) is 44.2 Å². The van der Waals surface area contributed by atoms with Crippen LogP contribution in [0.15, 0.2) is 30.3 Å². The van der Waals surface area contributed by atoms with Crippen LogP contribution in [0.5, 0.6) is 0 Å². The maximum atomic E-state index is 9.77. The lowest BCUT2D eigenvalue weighted by Gasteiger charge is -2.27. The summed E-state index contributed by atoms with van der Waals surface area (Å²) < 4.78 is 0. The number of rotatable bonds is 9. The smallest absolute Gasteiger partial charge is 0.335 e. The van der Waals surface area contributed by atoms with Gasteiger partial charge in [0.1, 0.15) is 0 Å². The molecule has 1 heterocycles. The van der Waals surface area contributed by atoms with Crippen molar-refractivity contribution in [2.75, 3.05) is 26.2 Å².